The molecule has 1 aliphatic rings. The summed E-state index contributed by atoms with van der Waals surface area (Å²) in [7, 11) is 0. The van der Waals surface area contributed by atoms with E-state index in [4.69, 9.17) is 11.6 Å². The van der Waals surface area contributed by atoms with Crippen LogP contribution < -0.4 is 5.32 Å². The smallest absolute Gasteiger partial charge is 0.171 e. The van der Waals surface area contributed by atoms with E-state index < -0.39 is 0 Å². The molecule has 0 saturated carbocycles. The molecule has 1 aliphatic heterocycles. The number of aromatic nitrogens is 2. The Morgan fingerprint density at radius 3 is 2.76 bits per heavy atom. The lowest BCUT2D eigenvalue weighted by atomic mass is 10.3. The molecule has 1 aromatic heterocycles. The fourth-order valence-electron chi connectivity index (χ4n) is 1.55. The monoisotopic (exact) mass is 289 g/mol. The van der Waals surface area contributed by atoms with E-state index in [0.717, 1.165) is 17.9 Å². The number of rotatable bonds is 3. The Morgan fingerprint density at radius 2 is 2.06 bits per heavy atom. The van der Waals surface area contributed by atoms with Crippen LogP contribution in [0.15, 0.2) is 0 Å². The Balaban J connectivity index is 1.96. The zero-order valence-electron chi connectivity index (χ0n) is 9.99. The highest BCUT2D eigenvalue weighted by Crippen LogP contribution is 2.25. The molecule has 0 bridgehead atoms. The maximum absolute atomic E-state index is 6.07. The highest BCUT2D eigenvalue weighted by atomic mass is 35.5. The number of halogens is 1. The second kappa shape index (κ2) is 6.16. The third-order valence-electron chi connectivity index (χ3n) is 2.65. The number of anilines is 1. The van der Waals surface area contributed by atoms with Crippen LogP contribution in [0.3, 0.4) is 0 Å². The molecule has 94 valence electrons. The molecule has 1 aromatic rings. The lowest BCUT2D eigenvalue weighted by Crippen LogP contribution is -2.23. The standard InChI is InChI=1S/C11H16ClN3S2/c1-7-8(2)15-11(10(12)14-7)13-5-9-6-16-3-4-17-9/h9H,3-6H2,1-2H3,(H,13,15). The number of aryl methyl sites for hydroxylation is 2. The third-order valence-corrected chi connectivity index (χ3v) is 5.75. The molecule has 1 saturated heterocycles. The first-order chi connectivity index (χ1) is 8.16. The molecule has 2 heterocycles. The van der Waals surface area contributed by atoms with Crippen molar-refractivity contribution in [1.29, 1.82) is 0 Å². The zero-order chi connectivity index (χ0) is 12.3. The van der Waals surface area contributed by atoms with Crippen LogP contribution in [0.2, 0.25) is 5.15 Å². The van der Waals surface area contributed by atoms with E-state index >= 15 is 0 Å². The molecular weight excluding hydrogens is 274 g/mol. The number of nitrogens with one attached hydrogen (secondary N) is 1. The SMILES string of the molecule is Cc1nc(Cl)c(NCC2CSCCS2)nc1C. The van der Waals surface area contributed by atoms with Crippen LogP contribution in [0.5, 0.6) is 0 Å². The van der Waals surface area contributed by atoms with Crippen molar-refractivity contribution in [3.63, 3.8) is 0 Å². The van der Waals surface area contributed by atoms with Gasteiger partial charge in [-0.15, -0.1) is 0 Å². The molecule has 2 rings (SSSR count). The van der Waals surface area contributed by atoms with E-state index in [1.54, 1.807) is 0 Å². The Morgan fingerprint density at radius 1 is 1.29 bits per heavy atom. The number of hydrogen-bond donors (Lipinski definition) is 1. The fourth-order valence-corrected chi connectivity index (χ4v) is 4.40. The fraction of sp³-hybridized carbons (Fsp3) is 0.636. The van der Waals surface area contributed by atoms with Crippen molar-refractivity contribution >= 4 is 40.9 Å². The molecule has 0 amide bonds. The van der Waals surface area contributed by atoms with Gasteiger partial charge < -0.3 is 5.32 Å². The summed E-state index contributed by atoms with van der Waals surface area (Å²) in [6.45, 7) is 4.79. The first-order valence-electron chi connectivity index (χ1n) is 5.61. The summed E-state index contributed by atoms with van der Waals surface area (Å²) in [5.41, 5.74) is 1.82. The van der Waals surface area contributed by atoms with Gasteiger partial charge in [0.1, 0.15) is 0 Å². The molecule has 1 N–H and O–H groups in total. The second-order valence-electron chi connectivity index (χ2n) is 3.98. The average molecular weight is 290 g/mol. The summed E-state index contributed by atoms with van der Waals surface area (Å²) < 4.78 is 0. The van der Waals surface area contributed by atoms with Gasteiger partial charge in [0, 0.05) is 29.1 Å². The molecule has 0 aromatic carbocycles. The highest BCUT2D eigenvalue weighted by molar-refractivity contribution is 8.06. The summed E-state index contributed by atoms with van der Waals surface area (Å²) in [5.74, 6) is 4.42. The Hall–Kier alpha value is -0.130. The molecule has 1 atom stereocenters. The van der Waals surface area contributed by atoms with Crippen LogP contribution in [-0.4, -0.2) is 39.0 Å². The Kier molecular flexibility index (Phi) is 4.82. The Labute approximate surface area is 116 Å². The molecule has 3 nitrogen and oxygen atoms in total. The van der Waals surface area contributed by atoms with Gasteiger partial charge in [-0.25, -0.2) is 9.97 Å². The quantitative estimate of drug-likeness (QED) is 0.926. The van der Waals surface area contributed by atoms with E-state index in [1.165, 1.54) is 17.3 Å². The molecule has 1 fully saturated rings. The van der Waals surface area contributed by atoms with Crippen LogP contribution in [0.4, 0.5) is 5.82 Å². The number of nitrogens with zero attached hydrogens (tertiary/aromatic N) is 2. The van der Waals surface area contributed by atoms with Gasteiger partial charge in [0.15, 0.2) is 11.0 Å². The minimum absolute atomic E-state index is 0.474. The predicted molar refractivity (Wildman–Crippen MR) is 78.6 cm³/mol. The molecule has 0 radical (unpaired) electrons. The molecule has 0 aliphatic carbocycles. The van der Waals surface area contributed by atoms with Crippen molar-refractivity contribution in [3.8, 4) is 0 Å². The Bertz CT molecular complexity index is 395. The maximum Gasteiger partial charge on any atom is 0.171 e. The average Bonchev–Trinajstić information content (AvgIpc) is 2.33. The zero-order valence-corrected chi connectivity index (χ0v) is 12.4. The van der Waals surface area contributed by atoms with Crippen LogP contribution in [-0.2, 0) is 0 Å². The minimum atomic E-state index is 0.474. The van der Waals surface area contributed by atoms with Gasteiger partial charge in [-0.1, -0.05) is 11.6 Å². The lowest BCUT2D eigenvalue weighted by molar-refractivity contribution is 0.969. The largest absolute Gasteiger partial charge is 0.366 e. The number of hydrogen-bond acceptors (Lipinski definition) is 5. The van der Waals surface area contributed by atoms with Gasteiger partial charge in [0.05, 0.1) is 11.4 Å². The summed E-state index contributed by atoms with van der Waals surface area (Å²) >= 11 is 10.1. The van der Waals surface area contributed by atoms with Crippen molar-refractivity contribution in [3.05, 3.63) is 16.5 Å². The molecule has 6 heteroatoms. The van der Waals surface area contributed by atoms with Gasteiger partial charge in [0.25, 0.3) is 0 Å². The van der Waals surface area contributed by atoms with Crippen LogP contribution in [0, 0.1) is 13.8 Å². The normalized spacial score (nSPS) is 20.3. The first kappa shape index (κ1) is 13.3. The minimum Gasteiger partial charge on any atom is -0.366 e. The van der Waals surface area contributed by atoms with Crippen LogP contribution >= 0.6 is 35.1 Å². The summed E-state index contributed by atoms with van der Waals surface area (Å²) in [5, 5.41) is 4.43. The first-order valence-corrected chi connectivity index (χ1v) is 8.19. The number of thioether (sulfide) groups is 2. The molecule has 0 spiro atoms. The predicted octanol–water partition coefficient (Wildman–Crippen LogP) is 3.01. The van der Waals surface area contributed by atoms with Gasteiger partial charge in [0.2, 0.25) is 0 Å². The van der Waals surface area contributed by atoms with Crippen molar-refractivity contribution in [2.24, 2.45) is 0 Å². The summed E-state index contributed by atoms with van der Waals surface area (Å²) in [4.78, 5) is 8.70. The van der Waals surface area contributed by atoms with E-state index in [2.05, 4.69) is 15.3 Å². The summed E-state index contributed by atoms with van der Waals surface area (Å²) in [6.07, 6.45) is 0. The molecular formula is C11H16ClN3S2. The van der Waals surface area contributed by atoms with Crippen LogP contribution in [0.1, 0.15) is 11.4 Å². The van der Waals surface area contributed by atoms with Crippen LogP contribution in [0.25, 0.3) is 0 Å². The lowest BCUT2D eigenvalue weighted by Gasteiger charge is -2.21. The molecule has 1 unspecified atom stereocenters. The van der Waals surface area contributed by atoms with Crippen molar-refractivity contribution in [2.75, 3.05) is 29.1 Å². The van der Waals surface area contributed by atoms with E-state index in [-0.39, 0.29) is 0 Å². The van der Waals surface area contributed by atoms with Gasteiger partial charge in [-0.3, -0.25) is 0 Å². The second-order valence-corrected chi connectivity index (χ2v) is 6.90. The van der Waals surface area contributed by atoms with E-state index in [0.29, 0.717) is 16.2 Å². The van der Waals surface area contributed by atoms with E-state index in [9.17, 15) is 0 Å². The van der Waals surface area contributed by atoms with Gasteiger partial charge in [-0.2, -0.15) is 23.5 Å². The van der Waals surface area contributed by atoms with E-state index in [1.807, 2.05) is 37.4 Å². The third kappa shape index (κ3) is 3.66. The topological polar surface area (TPSA) is 37.8 Å². The summed E-state index contributed by atoms with van der Waals surface area (Å²) in [6, 6.07) is 0. The van der Waals surface area contributed by atoms with Gasteiger partial charge in [-0.05, 0) is 13.8 Å². The van der Waals surface area contributed by atoms with Crippen molar-refractivity contribution < 1.29 is 0 Å². The highest BCUT2D eigenvalue weighted by Gasteiger charge is 2.15. The van der Waals surface area contributed by atoms with Crippen molar-refractivity contribution in [1.82, 2.24) is 9.97 Å². The maximum atomic E-state index is 6.07. The van der Waals surface area contributed by atoms with Gasteiger partial charge >= 0.3 is 0 Å². The van der Waals surface area contributed by atoms with Crippen molar-refractivity contribution in [2.45, 2.75) is 19.1 Å². The molecule has 17 heavy (non-hydrogen) atoms.